The van der Waals surface area contributed by atoms with Crippen molar-refractivity contribution in [2.24, 2.45) is 0 Å². The van der Waals surface area contributed by atoms with Gasteiger partial charge in [0.05, 0.1) is 6.07 Å². The Morgan fingerprint density at radius 2 is 2.20 bits per heavy atom. The highest BCUT2D eigenvalue weighted by atomic mass is 16.2. The summed E-state index contributed by atoms with van der Waals surface area (Å²) in [5.74, 6) is -0.0573. The Morgan fingerprint density at radius 1 is 1.40 bits per heavy atom. The van der Waals surface area contributed by atoms with E-state index in [1.165, 1.54) is 27.7 Å². The molecular formula is C16H17N3O. The topological polar surface area (TPSA) is 59.9 Å². The molecule has 0 bridgehead atoms. The van der Waals surface area contributed by atoms with Crippen LogP contribution in [-0.4, -0.2) is 28.9 Å². The molecule has 0 radical (unpaired) electrons. The fourth-order valence-corrected chi connectivity index (χ4v) is 2.95. The van der Waals surface area contributed by atoms with Crippen molar-refractivity contribution in [2.75, 3.05) is 13.1 Å². The van der Waals surface area contributed by atoms with Gasteiger partial charge in [0.15, 0.2) is 0 Å². The van der Waals surface area contributed by atoms with Crippen LogP contribution in [0, 0.1) is 18.3 Å². The first kappa shape index (κ1) is 12.7. The fourth-order valence-electron chi connectivity index (χ4n) is 2.95. The van der Waals surface area contributed by atoms with Gasteiger partial charge in [0.1, 0.15) is 6.42 Å². The summed E-state index contributed by atoms with van der Waals surface area (Å²) in [4.78, 5) is 17.1. The highest BCUT2D eigenvalue weighted by molar-refractivity contribution is 5.86. The minimum Gasteiger partial charge on any atom is -0.358 e. The predicted octanol–water partition coefficient (Wildman–Crippen LogP) is 2.32. The molecule has 4 heteroatoms. The van der Waals surface area contributed by atoms with E-state index in [2.05, 4.69) is 30.1 Å². The summed E-state index contributed by atoms with van der Waals surface area (Å²) in [7, 11) is 0. The van der Waals surface area contributed by atoms with Gasteiger partial charge >= 0.3 is 0 Å². The average Bonchev–Trinajstić information content (AvgIpc) is 2.63. The lowest BCUT2D eigenvalue weighted by Gasteiger charge is -2.18. The van der Waals surface area contributed by atoms with Gasteiger partial charge in [-0.2, -0.15) is 5.26 Å². The number of carbonyl (C=O) groups excluding carboxylic acids is 1. The largest absolute Gasteiger partial charge is 0.358 e. The molecule has 0 spiro atoms. The van der Waals surface area contributed by atoms with E-state index in [9.17, 15) is 4.79 Å². The molecule has 1 aromatic heterocycles. The van der Waals surface area contributed by atoms with E-state index in [0.29, 0.717) is 13.1 Å². The Hall–Kier alpha value is -2.28. The third-order valence-corrected chi connectivity index (χ3v) is 4.00. The van der Waals surface area contributed by atoms with Gasteiger partial charge in [-0.3, -0.25) is 4.79 Å². The summed E-state index contributed by atoms with van der Waals surface area (Å²) in [5.41, 5.74) is 4.99. The maximum atomic E-state index is 11.8. The van der Waals surface area contributed by atoms with Crippen LogP contribution in [0.2, 0.25) is 0 Å². The number of amides is 1. The second-order valence-corrected chi connectivity index (χ2v) is 5.35. The van der Waals surface area contributed by atoms with Gasteiger partial charge in [0.2, 0.25) is 5.91 Å². The summed E-state index contributed by atoms with van der Waals surface area (Å²) < 4.78 is 0. The van der Waals surface area contributed by atoms with E-state index < -0.39 is 0 Å². The second-order valence-electron chi connectivity index (χ2n) is 5.35. The monoisotopic (exact) mass is 267 g/mol. The third kappa shape index (κ3) is 2.16. The SMILES string of the molecule is Cc1ccc2[nH]c3c(c2c1)CCN(C(=O)CC#N)CC3. The zero-order chi connectivity index (χ0) is 14.1. The van der Waals surface area contributed by atoms with Crippen molar-refractivity contribution in [3.63, 3.8) is 0 Å². The lowest BCUT2D eigenvalue weighted by molar-refractivity contribution is -0.130. The van der Waals surface area contributed by atoms with Gasteiger partial charge in [-0.15, -0.1) is 0 Å². The molecule has 0 aliphatic carbocycles. The zero-order valence-electron chi connectivity index (χ0n) is 11.6. The minimum atomic E-state index is -0.0573. The number of nitrogens with zero attached hydrogens (tertiary/aromatic N) is 2. The molecule has 102 valence electrons. The Balaban J connectivity index is 1.90. The van der Waals surface area contributed by atoms with E-state index in [4.69, 9.17) is 5.26 Å². The number of aryl methyl sites for hydroxylation is 1. The minimum absolute atomic E-state index is 0.0200. The van der Waals surface area contributed by atoms with Crippen LogP contribution in [0.4, 0.5) is 0 Å². The molecule has 0 atom stereocenters. The van der Waals surface area contributed by atoms with Crippen LogP contribution >= 0.6 is 0 Å². The summed E-state index contributed by atoms with van der Waals surface area (Å²) in [6.45, 7) is 3.49. The predicted molar refractivity (Wildman–Crippen MR) is 77.3 cm³/mol. The number of hydrogen-bond acceptors (Lipinski definition) is 2. The molecule has 1 aliphatic rings. The highest BCUT2D eigenvalue weighted by Crippen LogP contribution is 2.26. The normalized spacial score (nSPS) is 14.7. The van der Waals surface area contributed by atoms with Crippen molar-refractivity contribution in [2.45, 2.75) is 26.2 Å². The number of aromatic amines is 1. The number of carbonyl (C=O) groups is 1. The summed E-state index contributed by atoms with van der Waals surface area (Å²) in [6, 6.07) is 8.38. The molecular weight excluding hydrogens is 250 g/mol. The molecule has 2 heterocycles. The number of nitrogens with one attached hydrogen (secondary N) is 1. The number of H-pyrrole nitrogens is 1. The molecule has 2 aromatic rings. The quantitative estimate of drug-likeness (QED) is 0.862. The van der Waals surface area contributed by atoms with Crippen molar-refractivity contribution >= 4 is 16.8 Å². The number of hydrogen-bond donors (Lipinski definition) is 1. The number of nitriles is 1. The summed E-state index contributed by atoms with van der Waals surface area (Å²) in [6.07, 6.45) is 1.67. The Labute approximate surface area is 118 Å². The molecule has 3 rings (SSSR count). The van der Waals surface area contributed by atoms with Crippen LogP contribution in [0.5, 0.6) is 0 Å². The van der Waals surface area contributed by atoms with E-state index in [-0.39, 0.29) is 12.3 Å². The van der Waals surface area contributed by atoms with Gasteiger partial charge in [0, 0.05) is 36.1 Å². The van der Waals surface area contributed by atoms with Crippen LogP contribution < -0.4 is 0 Å². The molecule has 0 saturated heterocycles. The summed E-state index contributed by atoms with van der Waals surface area (Å²) in [5, 5.41) is 9.91. The van der Waals surface area contributed by atoms with E-state index in [0.717, 1.165) is 12.8 Å². The first-order valence-corrected chi connectivity index (χ1v) is 6.94. The molecule has 1 aliphatic heterocycles. The van der Waals surface area contributed by atoms with Gasteiger partial charge in [-0.05, 0) is 31.0 Å². The van der Waals surface area contributed by atoms with E-state index in [1.54, 1.807) is 4.90 Å². The Bertz CT molecular complexity index is 708. The summed E-state index contributed by atoms with van der Waals surface area (Å²) >= 11 is 0. The van der Waals surface area contributed by atoms with Crippen molar-refractivity contribution in [1.29, 1.82) is 5.26 Å². The Kier molecular flexibility index (Phi) is 3.19. The zero-order valence-corrected chi connectivity index (χ0v) is 11.6. The Morgan fingerprint density at radius 3 is 3.00 bits per heavy atom. The van der Waals surface area contributed by atoms with E-state index in [1.807, 2.05) is 6.07 Å². The molecule has 1 aromatic carbocycles. The van der Waals surface area contributed by atoms with Crippen LogP contribution in [0.1, 0.15) is 23.2 Å². The average molecular weight is 267 g/mol. The molecule has 0 saturated carbocycles. The first-order valence-electron chi connectivity index (χ1n) is 6.94. The molecule has 0 fully saturated rings. The van der Waals surface area contributed by atoms with Crippen LogP contribution in [0.15, 0.2) is 18.2 Å². The maximum Gasteiger partial charge on any atom is 0.236 e. The first-order chi connectivity index (χ1) is 9.69. The van der Waals surface area contributed by atoms with Crippen LogP contribution in [-0.2, 0) is 17.6 Å². The van der Waals surface area contributed by atoms with Gasteiger partial charge in [-0.1, -0.05) is 11.6 Å². The molecule has 4 nitrogen and oxygen atoms in total. The number of fused-ring (bicyclic) bond motifs is 3. The second kappa shape index (κ2) is 5.01. The lowest BCUT2D eigenvalue weighted by atomic mass is 10.1. The maximum absolute atomic E-state index is 11.8. The number of aromatic nitrogens is 1. The van der Waals surface area contributed by atoms with Gasteiger partial charge in [0.25, 0.3) is 0 Å². The number of benzene rings is 1. The van der Waals surface area contributed by atoms with E-state index >= 15 is 0 Å². The molecule has 0 unspecified atom stereocenters. The van der Waals surface area contributed by atoms with Crippen LogP contribution in [0.3, 0.4) is 0 Å². The van der Waals surface area contributed by atoms with Crippen molar-refractivity contribution < 1.29 is 4.79 Å². The molecule has 1 amide bonds. The molecule has 1 N–H and O–H groups in total. The highest BCUT2D eigenvalue weighted by Gasteiger charge is 2.21. The van der Waals surface area contributed by atoms with Crippen LogP contribution in [0.25, 0.3) is 10.9 Å². The lowest BCUT2D eigenvalue weighted by Crippen LogP contribution is -2.32. The van der Waals surface area contributed by atoms with Crippen molar-refractivity contribution in [3.8, 4) is 6.07 Å². The van der Waals surface area contributed by atoms with Gasteiger partial charge in [-0.25, -0.2) is 0 Å². The van der Waals surface area contributed by atoms with Gasteiger partial charge < -0.3 is 9.88 Å². The smallest absolute Gasteiger partial charge is 0.236 e. The number of rotatable bonds is 1. The van der Waals surface area contributed by atoms with Crippen molar-refractivity contribution in [3.05, 3.63) is 35.0 Å². The standard InChI is InChI=1S/C16H17N3O/c1-11-2-3-14-13(10-11)12-5-8-19(16(20)4-7-17)9-6-15(12)18-14/h2-3,10,18H,4-6,8-9H2,1H3. The third-order valence-electron chi connectivity index (χ3n) is 4.00. The fraction of sp³-hybridized carbons (Fsp3) is 0.375. The molecule has 20 heavy (non-hydrogen) atoms. The van der Waals surface area contributed by atoms with Crippen molar-refractivity contribution in [1.82, 2.24) is 9.88 Å².